The average molecular weight is 263 g/mol. The summed E-state index contributed by atoms with van der Waals surface area (Å²) in [5.74, 6) is 0.157. The van der Waals surface area contributed by atoms with Gasteiger partial charge in [-0.05, 0) is 33.1 Å². The summed E-state index contributed by atoms with van der Waals surface area (Å²) in [6, 6.07) is 0.0540. The van der Waals surface area contributed by atoms with E-state index < -0.39 is 0 Å². The monoisotopic (exact) mass is 263 g/mol. The molecule has 5 nitrogen and oxygen atoms in total. The highest BCUT2D eigenvalue weighted by molar-refractivity contribution is 5.95. The summed E-state index contributed by atoms with van der Waals surface area (Å²) in [6.45, 7) is 4.18. The Morgan fingerprint density at radius 2 is 2.16 bits per heavy atom. The molecule has 1 aromatic heterocycles. The minimum absolute atomic E-state index is 0.0107. The number of piperidine rings is 1. The van der Waals surface area contributed by atoms with Gasteiger partial charge in [-0.2, -0.15) is 5.10 Å². The van der Waals surface area contributed by atoms with E-state index >= 15 is 0 Å². The van der Waals surface area contributed by atoms with Crippen LogP contribution in [-0.2, 0) is 11.8 Å². The predicted molar refractivity (Wildman–Crippen MR) is 71.9 cm³/mol. The summed E-state index contributed by atoms with van der Waals surface area (Å²) in [4.78, 5) is 25.8. The fourth-order valence-electron chi connectivity index (χ4n) is 2.78. The molecule has 0 spiro atoms. The number of likely N-dealkylation sites (tertiary alicyclic amines) is 1. The molecule has 19 heavy (non-hydrogen) atoms. The summed E-state index contributed by atoms with van der Waals surface area (Å²) < 4.78 is 1.66. The van der Waals surface area contributed by atoms with Gasteiger partial charge in [-0.15, -0.1) is 0 Å². The van der Waals surface area contributed by atoms with Crippen LogP contribution < -0.4 is 0 Å². The van der Waals surface area contributed by atoms with Crippen molar-refractivity contribution < 1.29 is 9.59 Å². The molecule has 1 aromatic rings. The lowest BCUT2D eigenvalue weighted by atomic mass is 9.97. The molecular weight excluding hydrogens is 242 g/mol. The molecule has 0 radical (unpaired) electrons. The second-order valence-corrected chi connectivity index (χ2v) is 5.36. The van der Waals surface area contributed by atoms with Gasteiger partial charge < -0.3 is 4.90 Å². The van der Waals surface area contributed by atoms with Crippen molar-refractivity contribution in [3.8, 4) is 0 Å². The molecule has 0 bridgehead atoms. The van der Waals surface area contributed by atoms with Gasteiger partial charge in [0, 0.05) is 32.3 Å². The molecule has 0 aromatic carbocycles. The van der Waals surface area contributed by atoms with Crippen LogP contribution in [0.25, 0.3) is 0 Å². The zero-order valence-corrected chi connectivity index (χ0v) is 11.8. The van der Waals surface area contributed by atoms with Crippen LogP contribution in [0.2, 0.25) is 0 Å². The summed E-state index contributed by atoms with van der Waals surface area (Å²) in [6.07, 6.45) is 5.25. The molecule has 2 heterocycles. The van der Waals surface area contributed by atoms with Crippen LogP contribution >= 0.6 is 0 Å². The van der Waals surface area contributed by atoms with Crippen LogP contribution in [0.4, 0.5) is 0 Å². The van der Waals surface area contributed by atoms with E-state index in [0.717, 1.165) is 31.5 Å². The Kier molecular flexibility index (Phi) is 4.02. The van der Waals surface area contributed by atoms with Gasteiger partial charge in [0.1, 0.15) is 5.78 Å². The number of aryl methyl sites for hydroxylation is 2. The van der Waals surface area contributed by atoms with E-state index in [1.165, 1.54) is 0 Å². The first-order chi connectivity index (χ1) is 8.99. The third-order valence-electron chi connectivity index (χ3n) is 3.65. The number of aromatic nitrogens is 2. The Hall–Kier alpha value is -1.65. The first-order valence-electron chi connectivity index (χ1n) is 6.79. The van der Waals surface area contributed by atoms with Gasteiger partial charge in [0.25, 0.3) is 5.91 Å². The van der Waals surface area contributed by atoms with E-state index in [4.69, 9.17) is 0 Å². The second-order valence-electron chi connectivity index (χ2n) is 5.36. The molecule has 1 unspecified atom stereocenters. The highest BCUT2D eigenvalue weighted by Gasteiger charge is 2.29. The van der Waals surface area contributed by atoms with Crippen molar-refractivity contribution in [1.82, 2.24) is 14.7 Å². The fraction of sp³-hybridized carbons (Fsp3) is 0.643. The molecular formula is C14H21N3O2. The van der Waals surface area contributed by atoms with Crippen LogP contribution in [0.3, 0.4) is 0 Å². The number of ketones is 1. The van der Waals surface area contributed by atoms with Gasteiger partial charge in [-0.1, -0.05) is 0 Å². The van der Waals surface area contributed by atoms with Crippen LogP contribution in [0.1, 0.15) is 48.7 Å². The van der Waals surface area contributed by atoms with Crippen LogP contribution in [-0.4, -0.2) is 39.0 Å². The number of rotatable bonds is 3. The van der Waals surface area contributed by atoms with Gasteiger partial charge in [-0.25, -0.2) is 0 Å². The first-order valence-corrected chi connectivity index (χ1v) is 6.79. The molecule has 1 fully saturated rings. The van der Waals surface area contributed by atoms with Gasteiger partial charge in [0.05, 0.1) is 11.3 Å². The topological polar surface area (TPSA) is 55.2 Å². The normalized spacial score (nSPS) is 19.5. The maximum atomic E-state index is 12.6. The Balaban J connectivity index is 2.19. The number of Topliss-reactive ketones (excluding diaryl/α,β-unsaturated/α-hetero) is 1. The van der Waals surface area contributed by atoms with Gasteiger partial charge in [0.15, 0.2) is 0 Å². The van der Waals surface area contributed by atoms with Crippen molar-refractivity contribution in [3.05, 3.63) is 17.5 Å². The highest BCUT2D eigenvalue weighted by Crippen LogP contribution is 2.23. The predicted octanol–water partition coefficient (Wildman–Crippen LogP) is 1.70. The minimum atomic E-state index is 0.0107. The van der Waals surface area contributed by atoms with E-state index in [0.29, 0.717) is 12.0 Å². The van der Waals surface area contributed by atoms with Crippen molar-refractivity contribution in [2.45, 2.75) is 45.6 Å². The standard InChI is InChI=1S/C14H21N3O2/c1-10(18)8-12-6-4-5-7-17(12)14(19)13-9-16(3)15-11(13)2/h9,12H,4-8H2,1-3H3. The number of nitrogens with zero attached hydrogens (tertiary/aromatic N) is 3. The van der Waals surface area contributed by atoms with E-state index in [9.17, 15) is 9.59 Å². The van der Waals surface area contributed by atoms with Gasteiger partial charge in [-0.3, -0.25) is 14.3 Å². The van der Waals surface area contributed by atoms with Crippen molar-refractivity contribution in [2.75, 3.05) is 6.54 Å². The fourth-order valence-corrected chi connectivity index (χ4v) is 2.78. The Bertz CT molecular complexity index is 493. The molecule has 1 saturated heterocycles. The number of carbonyl (C=O) groups excluding carboxylic acids is 2. The van der Waals surface area contributed by atoms with Crippen molar-refractivity contribution in [3.63, 3.8) is 0 Å². The van der Waals surface area contributed by atoms with Crippen LogP contribution in [0, 0.1) is 6.92 Å². The summed E-state index contributed by atoms with van der Waals surface area (Å²) in [5.41, 5.74) is 1.40. The van der Waals surface area contributed by atoms with E-state index in [1.807, 2.05) is 18.9 Å². The second kappa shape index (κ2) is 5.55. The third-order valence-corrected chi connectivity index (χ3v) is 3.65. The highest BCUT2D eigenvalue weighted by atomic mass is 16.2. The van der Waals surface area contributed by atoms with Crippen LogP contribution in [0.5, 0.6) is 0 Å². The molecule has 2 rings (SSSR count). The molecule has 1 aliphatic heterocycles. The number of carbonyl (C=O) groups is 2. The summed E-state index contributed by atoms with van der Waals surface area (Å²) >= 11 is 0. The Morgan fingerprint density at radius 1 is 1.42 bits per heavy atom. The largest absolute Gasteiger partial charge is 0.335 e. The molecule has 1 atom stereocenters. The Morgan fingerprint density at radius 3 is 2.74 bits per heavy atom. The number of hydrogen-bond donors (Lipinski definition) is 0. The summed E-state index contributed by atoms with van der Waals surface area (Å²) in [7, 11) is 1.81. The molecule has 1 aliphatic rings. The third kappa shape index (κ3) is 3.03. The zero-order valence-electron chi connectivity index (χ0n) is 11.8. The number of hydrogen-bond acceptors (Lipinski definition) is 3. The van der Waals surface area contributed by atoms with E-state index in [-0.39, 0.29) is 17.7 Å². The number of amides is 1. The van der Waals surface area contributed by atoms with E-state index in [2.05, 4.69) is 5.10 Å². The van der Waals surface area contributed by atoms with E-state index in [1.54, 1.807) is 17.8 Å². The smallest absolute Gasteiger partial charge is 0.257 e. The lowest BCUT2D eigenvalue weighted by molar-refractivity contribution is -0.118. The maximum Gasteiger partial charge on any atom is 0.257 e. The summed E-state index contributed by atoms with van der Waals surface area (Å²) in [5, 5.41) is 4.22. The first kappa shape index (κ1) is 13.8. The Labute approximate surface area is 113 Å². The quantitative estimate of drug-likeness (QED) is 0.834. The van der Waals surface area contributed by atoms with Crippen molar-refractivity contribution in [1.29, 1.82) is 0 Å². The zero-order chi connectivity index (χ0) is 14.0. The molecule has 1 amide bonds. The van der Waals surface area contributed by atoms with Crippen LogP contribution in [0.15, 0.2) is 6.20 Å². The lowest BCUT2D eigenvalue weighted by Crippen LogP contribution is -2.44. The molecule has 104 valence electrons. The molecule has 0 aliphatic carbocycles. The molecule has 0 saturated carbocycles. The van der Waals surface area contributed by atoms with Gasteiger partial charge in [0.2, 0.25) is 0 Å². The van der Waals surface area contributed by atoms with Crippen molar-refractivity contribution >= 4 is 11.7 Å². The molecule has 5 heteroatoms. The average Bonchev–Trinajstić information content (AvgIpc) is 2.67. The lowest BCUT2D eigenvalue weighted by Gasteiger charge is -2.35. The van der Waals surface area contributed by atoms with Gasteiger partial charge >= 0.3 is 0 Å². The minimum Gasteiger partial charge on any atom is -0.335 e. The maximum absolute atomic E-state index is 12.6. The van der Waals surface area contributed by atoms with Crippen molar-refractivity contribution in [2.24, 2.45) is 7.05 Å². The molecule has 0 N–H and O–H groups in total. The SMILES string of the molecule is CC(=O)CC1CCCCN1C(=O)c1cn(C)nc1C.